The van der Waals surface area contributed by atoms with Crippen LogP contribution in [0.1, 0.15) is 16.7 Å². The molecule has 0 saturated heterocycles. The summed E-state index contributed by atoms with van der Waals surface area (Å²) in [5, 5.41) is 0. The van der Waals surface area contributed by atoms with Crippen LogP contribution in [-0.4, -0.2) is 19.3 Å². The molecule has 0 amide bonds. The summed E-state index contributed by atoms with van der Waals surface area (Å²) in [6.45, 7) is 3.27. The number of hydrogen-bond acceptors (Lipinski definition) is 3. The number of rotatable bonds is 5. The van der Waals surface area contributed by atoms with Crippen molar-refractivity contribution in [3.63, 3.8) is 0 Å². The van der Waals surface area contributed by atoms with E-state index in [1.165, 1.54) is 11.1 Å². The molecule has 2 aromatic rings. The summed E-state index contributed by atoms with van der Waals surface area (Å²) >= 11 is 0. The lowest BCUT2D eigenvalue weighted by atomic mass is 10.1. The second kappa shape index (κ2) is 6.19. The van der Waals surface area contributed by atoms with Gasteiger partial charge in [-0.1, -0.05) is 36.4 Å². The third-order valence-electron chi connectivity index (χ3n) is 3.83. The van der Waals surface area contributed by atoms with Gasteiger partial charge in [-0.25, -0.2) is 0 Å². The van der Waals surface area contributed by atoms with Gasteiger partial charge in [0.05, 0.1) is 0 Å². The normalized spacial score (nSPS) is 16.4. The van der Waals surface area contributed by atoms with Crippen LogP contribution in [0.25, 0.3) is 0 Å². The molecule has 0 bridgehead atoms. The van der Waals surface area contributed by atoms with Crippen molar-refractivity contribution in [2.75, 3.05) is 13.2 Å². The van der Waals surface area contributed by atoms with E-state index in [1.807, 2.05) is 18.2 Å². The Morgan fingerprint density at radius 2 is 2.05 bits per heavy atom. The van der Waals surface area contributed by atoms with E-state index in [2.05, 4.69) is 31.2 Å². The second-order valence-electron chi connectivity index (χ2n) is 5.46. The molecule has 1 heterocycles. The molecular weight excluding hydrogens is 262 g/mol. The molecule has 1 aliphatic rings. The Bertz CT molecular complexity index is 599. The van der Waals surface area contributed by atoms with Gasteiger partial charge in [-0.05, 0) is 42.6 Å². The third kappa shape index (κ3) is 3.03. The molecule has 0 aromatic heterocycles. The van der Waals surface area contributed by atoms with Gasteiger partial charge in [0.2, 0.25) is 0 Å². The Labute approximate surface area is 125 Å². The number of benzene rings is 2. The van der Waals surface area contributed by atoms with Crippen molar-refractivity contribution in [3.05, 3.63) is 59.2 Å². The largest absolute Gasteiger partial charge is 0.489 e. The predicted molar refractivity (Wildman–Crippen MR) is 84.0 cm³/mol. The van der Waals surface area contributed by atoms with Crippen LogP contribution >= 0.6 is 0 Å². The minimum Gasteiger partial charge on any atom is -0.489 e. The van der Waals surface area contributed by atoms with Gasteiger partial charge in [0.1, 0.15) is 24.2 Å². The van der Waals surface area contributed by atoms with Gasteiger partial charge in [0.15, 0.2) is 0 Å². The number of hydrogen-bond donors (Lipinski definition) is 1. The van der Waals surface area contributed by atoms with Crippen LogP contribution in [0.2, 0.25) is 0 Å². The molecule has 3 heteroatoms. The Hall–Kier alpha value is -2.00. The molecular formula is C18H21NO2. The number of nitrogens with two attached hydrogens (primary N) is 1. The van der Waals surface area contributed by atoms with Crippen molar-refractivity contribution in [1.82, 2.24) is 0 Å². The Morgan fingerprint density at radius 3 is 2.86 bits per heavy atom. The first-order valence-electron chi connectivity index (χ1n) is 7.44. The lowest BCUT2D eigenvalue weighted by molar-refractivity contribution is 0.147. The van der Waals surface area contributed by atoms with Gasteiger partial charge < -0.3 is 15.2 Å². The minimum absolute atomic E-state index is 0.0905. The van der Waals surface area contributed by atoms with Crippen LogP contribution in [0.4, 0.5) is 0 Å². The summed E-state index contributed by atoms with van der Waals surface area (Å²) in [4.78, 5) is 0. The fraction of sp³-hybridized carbons (Fsp3) is 0.333. The van der Waals surface area contributed by atoms with E-state index >= 15 is 0 Å². The maximum absolute atomic E-state index is 6.06. The van der Waals surface area contributed by atoms with Crippen LogP contribution in [0.3, 0.4) is 0 Å². The molecule has 0 fully saturated rings. The van der Waals surface area contributed by atoms with Gasteiger partial charge in [-0.2, -0.15) is 0 Å². The molecule has 1 unspecified atom stereocenters. The quantitative estimate of drug-likeness (QED) is 0.917. The van der Waals surface area contributed by atoms with E-state index in [9.17, 15) is 0 Å². The second-order valence-corrected chi connectivity index (χ2v) is 5.46. The van der Waals surface area contributed by atoms with Gasteiger partial charge >= 0.3 is 0 Å². The summed E-state index contributed by atoms with van der Waals surface area (Å²) in [5.41, 5.74) is 9.26. The lowest BCUT2D eigenvalue weighted by Crippen LogP contribution is -2.23. The Morgan fingerprint density at radius 1 is 1.19 bits per heavy atom. The van der Waals surface area contributed by atoms with E-state index in [0.29, 0.717) is 13.2 Å². The molecule has 21 heavy (non-hydrogen) atoms. The Balaban J connectivity index is 1.67. The topological polar surface area (TPSA) is 44.5 Å². The molecule has 0 radical (unpaired) electrons. The van der Waals surface area contributed by atoms with Crippen molar-refractivity contribution < 1.29 is 9.47 Å². The first-order chi connectivity index (χ1) is 10.3. The summed E-state index contributed by atoms with van der Waals surface area (Å²) in [7, 11) is 0. The van der Waals surface area contributed by atoms with Crippen molar-refractivity contribution in [3.8, 4) is 11.5 Å². The fourth-order valence-corrected chi connectivity index (χ4v) is 2.80. The summed E-state index contributed by atoms with van der Waals surface area (Å²) < 4.78 is 12.0. The van der Waals surface area contributed by atoms with Crippen LogP contribution < -0.4 is 15.2 Å². The highest BCUT2D eigenvalue weighted by Crippen LogP contribution is 2.29. The highest BCUT2D eigenvalue weighted by Gasteiger charge is 2.23. The van der Waals surface area contributed by atoms with E-state index in [-0.39, 0.29) is 6.10 Å². The molecule has 0 saturated carbocycles. The average Bonchev–Trinajstić information content (AvgIpc) is 2.90. The lowest BCUT2D eigenvalue weighted by Gasteiger charge is -2.17. The van der Waals surface area contributed by atoms with Crippen molar-refractivity contribution in [2.45, 2.75) is 25.9 Å². The van der Waals surface area contributed by atoms with Crippen molar-refractivity contribution in [2.24, 2.45) is 5.73 Å². The van der Waals surface area contributed by atoms with Crippen molar-refractivity contribution >= 4 is 0 Å². The summed E-state index contributed by atoms with van der Waals surface area (Å²) in [6, 6.07) is 14.4. The highest BCUT2D eigenvalue weighted by molar-refractivity contribution is 5.41. The van der Waals surface area contributed by atoms with Gasteiger partial charge in [0, 0.05) is 6.42 Å². The monoisotopic (exact) mass is 283 g/mol. The SMILES string of the molecule is Cc1cccc(CCN)c1OCC1Cc2ccccc2O1. The van der Waals surface area contributed by atoms with Gasteiger partial charge in [-0.15, -0.1) is 0 Å². The molecule has 2 N–H and O–H groups in total. The molecule has 110 valence electrons. The maximum atomic E-state index is 6.06. The van der Waals surface area contributed by atoms with Crippen LogP contribution in [0, 0.1) is 6.92 Å². The zero-order valence-corrected chi connectivity index (χ0v) is 12.3. The van der Waals surface area contributed by atoms with Crippen molar-refractivity contribution in [1.29, 1.82) is 0 Å². The fourth-order valence-electron chi connectivity index (χ4n) is 2.80. The average molecular weight is 283 g/mol. The Kier molecular flexibility index (Phi) is 4.11. The third-order valence-corrected chi connectivity index (χ3v) is 3.83. The first-order valence-corrected chi connectivity index (χ1v) is 7.44. The van der Waals surface area contributed by atoms with E-state index in [1.54, 1.807) is 0 Å². The van der Waals surface area contributed by atoms with Gasteiger partial charge in [-0.3, -0.25) is 0 Å². The first kappa shape index (κ1) is 14.0. The highest BCUT2D eigenvalue weighted by atomic mass is 16.5. The van der Waals surface area contributed by atoms with Gasteiger partial charge in [0.25, 0.3) is 0 Å². The van der Waals surface area contributed by atoms with E-state index in [4.69, 9.17) is 15.2 Å². The molecule has 1 atom stereocenters. The molecule has 0 aliphatic carbocycles. The minimum atomic E-state index is 0.0905. The zero-order chi connectivity index (χ0) is 14.7. The summed E-state index contributed by atoms with van der Waals surface area (Å²) in [6.07, 6.45) is 1.84. The standard InChI is InChI=1S/C18H21NO2/c1-13-5-4-7-14(9-10-19)18(13)20-12-16-11-15-6-2-3-8-17(15)21-16/h2-8,16H,9-12,19H2,1H3. The molecule has 2 aromatic carbocycles. The predicted octanol–water partition coefficient (Wildman–Crippen LogP) is 2.88. The van der Waals surface area contributed by atoms with Crippen LogP contribution in [0.5, 0.6) is 11.5 Å². The smallest absolute Gasteiger partial charge is 0.137 e. The zero-order valence-electron chi connectivity index (χ0n) is 12.3. The number of ether oxygens (including phenoxy) is 2. The van der Waals surface area contributed by atoms with E-state index in [0.717, 1.165) is 29.9 Å². The van der Waals surface area contributed by atoms with Crippen LogP contribution in [-0.2, 0) is 12.8 Å². The summed E-state index contributed by atoms with van der Waals surface area (Å²) in [5.74, 6) is 1.94. The maximum Gasteiger partial charge on any atom is 0.137 e. The molecule has 3 nitrogen and oxygen atoms in total. The molecule has 0 spiro atoms. The number of fused-ring (bicyclic) bond motifs is 1. The molecule has 1 aliphatic heterocycles. The molecule has 3 rings (SSSR count). The number of aryl methyl sites for hydroxylation is 1. The van der Waals surface area contributed by atoms with E-state index < -0.39 is 0 Å². The number of para-hydroxylation sites is 2. The van der Waals surface area contributed by atoms with Crippen LogP contribution in [0.15, 0.2) is 42.5 Å².